The van der Waals surface area contributed by atoms with E-state index in [4.69, 9.17) is 5.21 Å². The van der Waals surface area contributed by atoms with Crippen molar-refractivity contribution in [3.63, 3.8) is 0 Å². The molecule has 1 aliphatic carbocycles. The van der Waals surface area contributed by atoms with Crippen LogP contribution < -0.4 is 5.48 Å². The number of nitrogens with one attached hydrogen (secondary N) is 1. The van der Waals surface area contributed by atoms with Crippen LogP contribution in [0.5, 0.6) is 0 Å². The molecule has 1 aromatic carbocycles. The van der Waals surface area contributed by atoms with Crippen LogP contribution >= 0.6 is 0 Å². The van der Waals surface area contributed by atoms with Crippen molar-refractivity contribution < 1.29 is 19.9 Å². The minimum atomic E-state index is -0.990. The summed E-state index contributed by atoms with van der Waals surface area (Å²) >= 11 is 0. The van der Waals surface area contributed by atoms with Gasteiger partial charge in [-0.25, -0.2) is 5.48 Å². The van der Waals surface area contributed by atoms with Crippen LogP contribution in [-0.4, -0.2) is 45.7 Å². The lowest BCUT2D eigenvalue weighted by Gasteiger charge is -2.40. The lowest BCUT2D eigenvalue weighted by molar-refractivity contribution is -0.151. The van der Waals surface area contributed by atoms with Gasteiger partial charge in [0.25, 0.3) is 0 Å². The van der Waals surface area contributed by atoms with Gasteiger partial charge in [0.2, 0.25) is 11.8 Å². The quantitative estimate of drug-likeness (QED) is 0.569. The van der Waals surface area contributed by atoms with Crippen LogP contribution in [0.4, 0.5) is 0 Å². The third-order valence-corrected chi connectivity index (χ3v) is 5.57. The molecule has 1 aromatic rings. The van der Waals surface area contributed by atoms with Crippen molar-refractivity contribution in [1.29, 1.82) is 0 Å². The molecule has 6 heteroatoms. The number of carbonyl (C=O) groups excluding carboxylic acids is 2. The Morgan fingerprint density at radius 3 is 2.58 bits per heavy atom. The molecule has 1 heterocycles. The second kappa shape index (κ2) is 7.60. The van der Waals surface area contributed by atoms with E-state index in [0.717, 1.165) is 6.42 Å². The van der Waals surface area contributed by atoms with Gasteiger partial charge < -0.3 is 10.0 Å². The van der Waals surface area contributed by atoms with Gasteiger partial charge in [0.1, 0.15) is 0 Å². The largest absolute Gasteiger partial charge is 0.390 e. The second-order valence-electron chi connectivity index (χ2n) is 7.56. The van der Waals surface area contributed by atoms with Crippen LogP contribution in [0.15, 0.2) is 36.4 Å². The first-order valence-electron chi connectivity index (χ1n) is 9.11. The number of aliphatic hydroxyl groups is 1. The molecule has 1 fully saturated rings. The molecule has 0 radical (unpaired) electrons. The Hall–Kier alpha value is -2.18. The summed E-state index contributed by atoms with van der Waals surface area (Å²) in [5.41, 5.74) is 3.07. The standard InChI is InChI=1S/C20H26N2O4/c1-20(25)10-7-16(17(13-20)18(23)21-26)19(24)22-11-8-15(9-12-22)14-5-3-2-4-6-14/h2-6,8,16-17,25-26H,7,9-13H2,1H3,(H,21,23). The smallest absolute Gasteiger partial charge is 0.247 e. The van der Waals surface area contributed by atoms with Gasteiger partial charge in [-0.3, -0.25) is 14.8 Å². The van der Waals surface area contributed by atoms with Crippen molar-refractivity contribution in [2.75, 3.05) is 13.1 Å². The summed E-state index contributed by atoms with van der Waals surface area (Å²) in [5, 5.41) is 19.3. The molecule has 140 valence electrons. The molecule has 6 nitrogen and oxygen atoms in total. The molecule has 0 bridgehead atoms. The van der Waals surface area contributed by atoms with Crippen LogP contribution in [0.1, 0.15) is 38.2 Å². The van der Waals surface area contributed by atoms with Crippen molar-refractivity contribution in [2.45, 2.75) is 38.2 Å². The van der Waals surface area contributed by atoms with E-state index in [1.165, 1.54) is 11.1 Å². The highest BCUT2D eigenvalue weighted by atomic mass is 16.5. The van der Waals surface area contributed by atoms with Crippen molar-refractivity contribution in [3.05, 3.63) is 42.0 Å². The van der Waals surface area contributed by atoms with Crippen LogP contribution in [-0.2, 0) is 9.59 Å². The molecule has 0 saturated heterocycles. The number of nitrogens with zero attached hydrogens (tertiary/aromatic N) is 1. The highest BCUT2D eigenvalue weighted by Gasteiger charge is 2.44. The molecule has 0 aromatic heterocycles. The third kappa shape index (κ3) is 3.97. The molecule has 3 unspecified atom stereocenters. The Labute approximate surface area is 153 Å². The first-order valence-corrected chi connectivity index (χ1v) is 9.11. The van der Waals surface area contributed by atoms with Crippen molar-refractivity contribution in [1.82, 2.24) is 10.4 Å². The summed E-state index contributed by atoms with van der Waals surface area (Å²) in [5.74, 6) is -1.89. The summed E-state index contributed by atoms with van der Waals surface area (Å²) in [4.78, 5) is 26.8. The van der Waals surface area contributed by atoms with Gasteiger partial charge in [-0.2, -0.15) is 0 Å². The summed E-state index contributed by atoms with van der Waals surface area (Å²) in [6, 6.07) is 10.1. The third-order valence-electron chi connectivity index (χ3n) is 5.57. The number of amides is 2. The average Bonchev–Trinajstić information content (AvgIpc) is 2.67. The Bertz CT molecular complexity index is 699. The van der Waals surface area contributed by atoms with E-state index in [1.807, 2.05) is 18.2 Å². The lowest BCUT2D eigenvalue weighted by Crippen LogP contribution is -2.50. The number of rotatable bonds is 3. The zero-order valence-electron chi connectivity index (χ0n) is 15.0. The van der Waals surface area contributed by atoms with E-state index in [9.17, 15) is 14.7 Å². The molecular formula is C20H26N2O4. The number of hydroxylamine groups is 1. The molecule has 3 N–H and O–H groups in total. The fourth-order valence-electron chi connectivity index (χ4n) is 4.06. The summed E-state index contributed by atoms with van der Waals surface area (Å²) in [7, 11) is 0. The molecule has 1 aliphatic heterocycles. The molecule has 3 atom stereocenters. The molecule has 1 saturated carbocycles. The summed E-state index contributed by atoms with van der Waals surface area (Å²) < 4.78 is 0. The Morgan fingerprint density at radius 2 is 1.96 bits per heavy atom. The maximum absolute atomic E-state index is 13.0. The first kappa shape index (κ1) is 18.6. The zero-order valence-corrected chi connectivity index (χ0v) is 15.0. The van der Waals surface area contributed by atoms with Gasteiger partial charge in [-0.1, -0.05) is 36.4 Å². The topological polar surface area (TPSA) is 89.9 Å². The average molecular weight is 358 g/mol. The van der Waals surface area contributed by atoms with E-state index >= 15 is 0 Å². The summed E-state index contributed by atoms with van der Waals surface area (Å²) in [6.07, 6.45) is 3.93. The normalized spacial score (nSPS) is 29.0. The second-order valence-corrected chi connectivity index (χ2v) is 7.56. The maximum atomic E-state index is 13.0. The molecule has 2 amide bonds. The minimum Gasteiger partial charge on any atom is -0.390 e. The van der Waals surface area contributed by atoms with Crippen molar-refractivity contribution in [3.8, 4) is 0 Å². The number of benzene rings is 1. The van der Waals surface area contributed by atoms with Crippen LogP contribution in [0.2, 0.25) is 0 Å². The van der Waals surface area contributed by atoms with E-state index in [1.54, 1.807) is 17.3 Å². The SMILES string of the molecule is CC1(O)CCC(C(=O)N2CC=C(c3ccccc3)CC2)C(C(=O)NO)C1. The number of carbonyl (C=O) groups is 2. The predicted octanol–water partition coefficient (Wildman–Crippen LogP) is 1.97. The number of hydrogen-bond acceptors (Lipinski definition) is 4. The predicted molar refractivity (Wildman–Crippen MR) is 97.0 cm³/mol. The highest BCUT2D eigenvalue weighted by Crippen LogP contribution is 2.38. The van der Waals surface area contributed by atoms with E-state index in [0.29, 0.717) is 25.9 Å². The van der Waals surface area contributed by atoms with Crippen LogP contribution in [0.25, 0.3) is 5.57 Å². The zero-order chi connectivity index (χ0) is 18.7. The lowest BCUT2D eigenvalue weighted by atomic mass is 9.71. The number of hydrogen-bond donors (Lipinski definition) is 3. The first-order chi connectivity index (χ1) is 12.4. The van der Waals surface area contributed by atoms with E-state index in [-0.39, 0.29) is 12.3 Å². The molecule has 2 aliphatic rings. The van der Waals surface area contributed by atoms with Crippen molar-refractivity contribution >= 4 is 17.4 Å². The molecule has 26 heavy (non-hydrogen) atoms. The van der Waals surface area contributed by atoms with Gasteiger partial charge in [-0.15, -0.1) is 0 Å². The fraction of sp³-hybridized carbons (Fsp3) is 0.500. The van der Waals surface area contributed by atoms with Crippen LogP contribution in [0, 0.1) is 11.8 Å². The summed E-state index contributed by atoms with van der Waals surface area (Å²) in [6.45, 7) is 2.80. The molecular weight excluding hydrogens is 332 g/mol. The Kier molecular flexibility index (Phi) is 5.44. The van der Waals surface area contributed by atoms with Gasteiger partial charge in [0.05, 0.1) is 17.4 Å². The highest BCUT2D eigenvalue weighted by molar-refractivity contribution is 5.88. The molecule has 3 rings (SSSR count). The maximum Gasteiger partial charge on any atom is 0.247 e. The Balaban J connectivity index is 1.71. The fourth-order valence-corrected chi connectivity index (χ4v) is 4.06. The Morgan fingerprint density at radius 1 is 1.23 bits per heavy atom. The van der Waals surface area contributed by atoms with Crippen molar-refractivity contribution in [2.24, 2.45) is 11.8 Å². The molecule has 0 spiro atoms. The van der Waals surface area contributed by atoms with E-state index < -0.39 is 23.3 Å². The van der Waals surface area contributed by atoms with E-state index in [2.05, 4.69) is 18.2 Å². The van der Waals surface area contributed by atoms with Gasteiger partial charge >= 0.3 is 0 Å². The van der Waals surface area contributed by atoms with Gasteiger partial charge in [0, 0.05) is 13.1 Å². The monoisotopic (exact) mass is 358 g/mol. The van der Waals surface area contributed by atoms with Gasteiger partial charge in [0.15, 0.2) is 0 Å². The minimum absolute atomic E-state index is 0.0718. The van der Waals surface area contributed by atoms with Gasteiger partial charge in [-0.05, 0) is 43.7 Å². The van der Waals surface area contributed by atoms with Crippen LogP contribution in [0.3, 0.4) is 0 Å².